The van der Waals surface area contributed by atoms with Crippen LogP contribution in [-0.2, 0) is 0 Å². The van der Waals surface area contributed by atoms with Crippen molar-refractivity contribution in [1.82, 2.24) is 0 Å². The summed E-state index contributed by atoms with van der Waals surface area (Å²) in [6, 6.07) is 4.25. The van der Waals surface area contributed by atoms with Gasteiger partial charge in [-0.15, -0.1) is 0 Å². The van der Waals surface area contributed by atoms with Crippen LogP contribution >= 0.6 is 15.9 Å². The molecule has 0 fully saturated rings. The molecule has 0 heterocycles. The highest BCUT2D eigenvalue weighted by Gasteiger charge is 2.15. The summed E-state index contributed by atoms with van der Waals surface area (Å²) in [6.07, 6.45) is -2.56. The third-order valence-corrected chi connectivity index (χ3v) is 2.53. The number of benzene rings is 1. The lowest BCUT2D eigenvalue weighted by Gasteiger charge is -2.05. The molecule has 0 atom stereocenters. The monoisotopic (exact) mass is 248 g/mol. The maximum Gasteiger partial charge on any atom is 0.264 e. The molecule has 70 valence electrons. The van der Waals surface area contributed by atoms with Crippen molar-refractivity contribution >= 4 is 21.7 Å². The molecule has 1 aromatic rings. The summed E-state index contributed by atoms with van der Waals surface area (Å²) < 4.78 is 24.9. The molecule has 13 heavy (non-hydrogen) atoms. The van der Waals surface area contributed by atoms with Crippen LogP contribution in [0.4, 0.5) is 8.78 Å². The molecular weight excluding hydrogens is 242 g/mol. The van der Waals surface area contributed by atoms with Crippen LogP contribution in [0.2, 0.25) is 0 Å². The zero-order valence-electron chi connectivity index (χ0n) is 6.85. The zero-order chi connectivity index (χ0) is 10.0. The molecule has 1 nitrogen and oxygen atoms in total. The van der Waals surface area contributed by atoms with Crippen LogP contribution in [0.3, 0.4) is 0 Å². The predicted molar refractivity (Wildman–Crippen MR) is 49.1 cm³/mol. The van der Waals surface area contributed by atoms with E-state index >= 15 is 0 Å². The first-order valence-electron chi connectivity index (χ1n) is 3.61. The van der Waals surface area contributed by atoms with Crippen molar-refractivity contribution in [1.29, 1.82) is 0 Å². The molecule has 0 aliphatic rings. The molecule has 0 unspecified atom stereocenters. The summed E-state index contributed by atoms with van der Waals surface area (Å²) in [5.74, 6) is -0.227. The van der Waals surface area contributed by atoms with Crippen molar-refractivity contribution in [3.8, 4) is 0 Å². The number of carbonyl (C=O) groups is 1. The number of ketones is 1. The van der Waals surface area contributed by atoms with E-state index in [1.807, 2.05) is 0 Å². The van der Waals surface area contributed by atoms with Gasteiger partial charge in [0.15, 0.2) is 5.78 Å². The Morgan fingerprint density at radius 3 is 2.54 bits per heavy atom. The van der Waals surface area contributed by atoms with Gasteiger partial charge in [0.05, 0.1) is 0 Å². The van der Waals surface area contributed by atoms with Crippen molar-refractivity contribution in [2.45, 2.75) is 13.3 Å². The highest BCUT2D eigenvalue weighted by molar-refractivity contribution is 9.10. The highest BCUT2D eigenvalue weighted by Crippen LogP contribution is 2.30. The summed E-state index contributed by atoms with van der Waals surface area (Å²) in [5.41, 5.74) is 0.144. The minimum Gasteiger partial charge on any atom is -0.294 e. The van der Waals surface area contributed by atoms with Gasteiger partial charge in [0.1, 0.15) is 0 Å². The van der Waals surface area contributed by atoms with E-state index < -0.39 is 6.43 Å². The van der Waals surface area contributed by atoms with Crippen molar-refractivity contribution in [2.24, 2.45) is 0 Å². The molecule has 0 saturated heterocycles. The summed E-state index contributed by atoms with van der Waals surface area (Å²) in [5, 5.41) is 0. The molecule has 1 rings (SSSR count). The largest absolute Gasteiger partial charge is 0.294 e. The predicted octanol–water partition coefficient (Wildman–Crippen LogP) is 3.59. The molecule has 0 spiro atoms. The van der Waals surface area contributed by atoms with Gasteiger partial charge in [0, 0.05) is 15.6 Å². The second kappa shape index (κ2) is 3.96. The average molecular weight is 249 g/mol. The fraction of sp³-hybridized carbons (Fsp3) is 0.222. The number of Topliss-reactive ketones (excluding diaryl/α,β-unsaturated/α-hetero) is 1. The third kappa shape index (κ3) is 2.12. The van der Waals surface area contributed by atoms with E-state index in [1.165, 1.54) is 25.1 Å². The Morgan fingerprint density at radius 2 is 2.08 bits per heavy atom. The Kier molecular flexibility index (Phi) is 3.14. The van der Waals surface area contributed by atoms with Crippen molar-refractivity contribution < 1.29 is 13.6 Å². The molecule has 1 aromatic carbocycles. The first-order chi connectivity index (χ1) is 6.04. The van der Waals surface area contributed by atoms with Gasteiger partial charge < -0.3 is 0 Å². The van der Waals surface area contributed by atoms with Crippen LogP contribution in [-0.4, -0.2) is 5.78 Å². The minimum absolute atomic E-state index is 0.146. The Labute approximate surface area is 82.9 Å². The van der Waals surface area contributed by atoms with Gasteiger partial charge in [-0.25, -0.2) is 8.78 Å². The van der Waals surface area contributed by atoms with Gasteiger partial charge in [-0.05, 0) is 22.9 Å². The number of hydrogen-bond acceptors (Lipinski definition) is 1. The van der Waals surface area contributed by atoms with Gasteiger partial charge in [0.2, 0.25) is 0 Å². The van der Waals surface area contributed by atoms with E-state index in [0.717, 1.165) is 0 Å². The van der Waals surface area contributed by atoms with Crippen LogP contribution in [0.1, 0.15) is 29.3 Å². The summed E-state index contributed by atoms with van der Waals surface area (Å²) in [4.78, 5) is 11.0. The molecule has 0 amide bonds. The highest BCUT2D eigenvalue weighted by atomic mass is 79.9. The number of hydrogen-bond donors (Lipinski definition) is 0. The van der Waals surface area contributed by atoms with E-state index in [4.69, 9.17) is 0 Å². The SMILES string of the molecule is CC(=O)c1cccc(C(F)F)c1Br. The molecule has 0 aliphatic heterocycles. The van der Waals surface area contributed by atoms with E-state index in [1.54, 1.807) is 0 Å². The average Bonchev–Trinajstić information content (AvgIpc) is 2.03. The Bertz CT molecular complexity index is 336. The summed E-state index contributed by atoms with van der Waals surface area (Å²) in [6.45, 7) is 1.34. The molecule has 0 saturated carbocycles. The van der Waals surface area contributed by atoms with Crippen LogP contribution in [0.15, 0.2) is 22.7 Å². The van der Waals surface area contributed by atoms with Gasteiger partial charge in [0.25, 0.3) is 6.43 Å². The quantitative estimate of drug-likeness (QED) is 0.732. The van der Waals surface area contributed by atoms with Crippen molar-refractivity contribution in [2.75, 3.05) is 0 Å². The molecule has 0 radical (unpaired) electrons. The Morgan fingerprint density at radius 1 is 1.46 bits per heavy atom. The topological polar surface area (TPSA) is 17.1 Å². The van der Waals surface area contributed by atoms with Crippen LogP contribution in [0.25, 0.3) is 0 Å². The summed E-state index contributed by atoms with van der Waals surface area (Å²) in [7, 11) is 0. The lowest BCUT2D eigenvalue weighted by atomic mass is 10.1. The van der Waals surface area contributed by atoms with Gasteiger partial charge in [-0.3, -0.25) is 4.79 Å². The standard InChI is InChI=1S/C9H7BrF2O/c1-5(13)6-3-2-4-7(8(6)10)9(11)12/h2-4,9H,1H3. The van der Waals surface area contributed by atoms with E-state index in [-0.39, 0.29) is 21.4 Å². The lowest BCUT2D eigenvalue weighted by molar-refractivity contribution is 0.101. The third-order valence-electron chi connectivity index (χ3n) is 1.64. The number of alkyl halides is 2. The fourth-order valence-electron chi connectivity index (χ4n) is 0.990. The molecule has 0 bridgehead atoms. The number of halogens is 3. The van der Waals surface area contributed by atoms with Crippen LogP contribution < -0.4 is 0 Å². The molecular formula is C9H7BrF2O. The van der Waals surface area contributed by atoms with Gasteiger partial charge >= 0.3 is 0 Å². The minimum atomic E-state index is -2.56. The maximum atomic E-state index is 12.3. The van der Waals surface area contributed by atoms with Gasteiger partial charge in [-0.1, -0.05) is 18.2 Å². The van der Waals surface area contributed by atoms with Crippen LogP contribution in [0.5, 0.6) is 0 Å². The second-order valence-electron chi connectivity index (χ2n) is 2.57. The Balaban J connectivity index is 3.26. The first kappa shape index (κ1) is 10.3. The van der Waals surface area contributed by atoms with E-state index in [9.17, 15) is 13.6 Å². The molecule has 0 aromatic heterocycles. The first-order valence-corrected chi connectivity index (χ1v) is 4.41. The zero-order valence-corrected chi connectivity index (χ0v) is 8.44. The second-order valence-corrected chi connectivity index (χ2v) is 3.36. The normalized spacial score (nSPS) is 10.5. The molecule has 0 aliphatic carbocycles. The number of carbonyl (C=O) groups excluding carboxylic acids is 1. The lowest BCUT2D eigenvalue weighted by Crippen LogP contribution is -1.97. The molecule has 0 N–H and O–H groups in total. The van der Waals surface area contributed by atoms with Gasteiger partial charge in [-0.2, -0.15) is 0 Å². The van der Waals surface area contributed by atoms with Crippen molar-refractivity contribution in [3.05, 3.63) is 33.8 Å². The van der Waals surface area contributed by atoms with Crippen molar-refractivity contribution in [3.63, 3.8) is 0 Å². The Hall–Kier alpha value is -0.770. The van der Waals surface area contributed by atoms with Crippen LogP contribution in [0, 0.1) is 0 Å². The number of rotatable bonds is 2. The summed E-state index contributed by atoms with van der Waals surface area (Å²) >= 11 is 2.98. The maximum absolute atomic E-state index is 12.3. The van der Waals surface area contributed by atoms with E-state index in [2.05, 4.69) is 15.9 Å². The smallest absolute Gasteiger partial charge is 0.264 e. The fourth-order valence-corrected chi connectivity index (χ4v) is 1.71. The molecule has 4 heteroatoms. The van der Waals surface area contributed by atoms with E-state index in [0.29, 0.717) is 0 Å².